The third-order valence-corrected chi connectivity index (χ3v) is 7.62. The molecule has 0 saturated heterocycles. The number of allylic oxidation sites excluding steroid dienone is 1. The molecule has 0 N–H and O–H groups in total. The van der Waals surface area contributed by atoms with Crippen molar-refractivity contribution in [3.63, 3.8) is 0 Å². The molecule has 0 aliphatic carbocycles. The lowest BCUT2D eigenvalue weighted by molar-refractivity contribution is -0.184. The number of thiophene rings is 1. The first-order chi connectivity index (χ1) is 14.1. The summed E-state index contributed by atoms with van der Waals surface area (Å²) < 4.78 is 56.5. The first-order valence-corrected chi connectivity index (χ1v) is 10.9. The van der Waals surface area contributed by atoms with Gasteiger partial charge in [-0.3, -0.25) is 4.99 Å². The van der Waals surface area contributed by atoms with Gasteiger partial charge in [-0.15, -0.1) is 11.3 Å². The van der Waals surface area contributed by atoms with E-state index < -0.39 is 34.0 Å². The maximum atomic E-state index is 14.2. The summed E-state index contributed by atoms with van der Waals surface area (Å²) in [6.45, 7) is 6.65. The van der Waals surface area contributed by atoms with E-state index in [4.69, 9.17) is 23.2 Å². The summed E-state index contributed by atoms with van der Waals surface area (Å²) >= 11 is 13.2. The normalized spacial score (nSPS) is 21.2. The van der Waals surface area contributed by atoms with Crippen LogP contribution in [0.15, 0.2) is 29.8 Å². The summed E-state index contributed by atoms with van der Waals surface area (Å²) in [6.07, 6.45) is -4.08. The number of amidine groups is 1. The number of hydrogen-bond donors (Lipinski definition) is 0. The highest BCUT2D eigenvalue weighted by atomic mass is 35.5. The minimum Gasteiger partial charge on any atom is -0.351 e. The van der Waals surface area contributed by atoms with Crippen LogP contribution in [0, 0.1) is 5.82 Å². The Labute approximate surface area is 185 Å². The van der Waals surface area contributed by atoms with Crippen molar-refractivity contribution in [2.45, 2.75) is 44.4 Å². The largest absolute Gasteiger partial charge is 0.400 e. The Morgan fingerprint density at radius 2 is 1.90 bits per heavy atom. The molecule has 1 unspecified atom stereocenters. The van der Waals surface area contributed by atoms with Gasteiger partial charge in [0, 0.05) is 22.7 Å². The van der Waals surface area contributed by atoms with Crippen molar-refractivity contribution in [3.05, 3.63) is 61.5 Å². The van der Waals surface area contributed by atoms with Crippen molar-refractivity contribution >= 4 is 45.9 Å². The number of aliphatic imine (C=N–C) groups is 1. The van der Waals surface area contributed by atoms with Gasteiger partial charge in [-0.1, -0.05) is 36.7 Å². The molecule has 2 aliphatic heterocycles. The molecule has 2 nitrogen and oxygen atoms in total. The molecule has 0 bridgehead atoms. The zero-order valence-corrected chi connectivity index (χ0v) is 18.4. The summed E-state index contributed by atoms with van der Waals surface area (Å²) in [5.74, 6) is -0.532. The van der Waals surface area contributed by atoms with Crippen LogP contribution in [0.25, 0.3) is 5.57 Å². The second kappa shape index (κ2) is 7.53. The molecule has 1 atom stereocenters. The van der Waals surface area contributed by atoms with Crippen LogP contribution < -0.4 is 0 Å². The number of fused-ring (bicyclic) bond motifs is 1. The first kappa shape index (κ1) is 21.7. The van der Waals surface area contributed by atoms with Gasteiger partial charge in [-0.05, 0) is 41.3 Å². The molecule has 2 aliphatic rings. The van der Waals surface area contributed by atoms with Gasteiger partial charge >= 0.3 is 6.18 Å². The topological polar surface area (TPSA) is 15.6 Å². The maximum absolute atomic E-state index is 14.2. The van der Waals surface area contributed by atoms with Gasteiger partial charge in [0.2, 0.25) is 0 Å². The van der Waals surface area contributed by atoms with Crippen LogP contribution in [0.3, 0.4) is 0 Å². The van der Waals surface area contributed by atoms with E-state index in [-0.39, 0.29) is 12.0 Å². The van der Waals surface area contributed by atoms with Gasteiger partial charge in [0.25, 0.3) is 0 Å². The third-order valence-electron chi connectivity index (χ3n) is 5.80. The second-order valence-electron chi connectivity index (χ2n) is 7.62. The molecule has 0 amide bonds. The molecule has 1 aromatic heterocycles. The van der Waals surface area contributed by atoms with Crippen LogP contribution in [-0.4, -0.2) is 23.5 Å². The van der Waals surface area contributed by atoms with E-state index in [1.165, 1.54) is 0 Å². The fourth-order valence-electron chi connectivity index (χ4n) is 3.90. The molecule has 2 aromatic rings. The van der Waals surface area contributed by atoms with Crippen molar-refractivity contribution in [2.24, 2.45) is 4.99 Å². The minimum absolute atomic E-state index is 0.166. The Bertz CT molecular complexity index is 1010. The SMILES string of the molecule is C=C(CC)c1cc2c(s1)CN(C1=NCC(c3cc(Cl)c(F)c(Cl)c3)(C(F)(F)F)C1)C2. The van der Waals surface area contributed by atoms with Crippen LogP contribution in [0.1, 0.15) is 40.6 Å². The number of hydrogen-bond acceptors (Lipinski definition) is 3. The van der Waals surface area contributed by atoms with Gasteiger partial charge in [0.15, 0.2) is 5.82 Å². The average Bonchev–Trinajstić information content (AvgIpc) is 3.37. The fourth-order valence-corrected chi connectivity index (χ4v) is 5.62. The molecule has 0 spiro atoms. The van der Waals surface area contributed by atoms with Gasteiger partial charge in [-0.25, -0.2) is 4.39 Å². The number of rotatable bonds is 3. The maximum Gasteiger partial charge on any atom is 0.400 e. The second-order valence-corrected chi connectivity index (χ2v) is 9.57. The van der Waals surface area contributed by atoms with Gasteiger partial charge in [0.05, 0.1) is 23.1 Å². The van der Waals surface area contributed by atoms with Gasteiger partial charge in [-0.2, -0.15) is 13.2 Å². The van der Waals surface area contributed by atoms with Crippen molar-refractivity contribution in [2.75, 3.05) is 6.54 Å². The highest BCUT2D eigenvalue weighted by molar-refractivity contribution is 7.13. The Morgan fingerprint density at radius 3 is 2.47 bits per heavy atom. The van der Waals surface area contributed by atoms with Gasteiger partial charge < -0.3 is 4.90 Å². The lowest BCUT2D eigenvalue weighted by Crippen LogP contribution is -2.44. The van der Waals surface area contributed by atoms with Crippen LogP contribution in [0.4, 0.5) is 17.6 Å². The zero-order chi connectivity index (χ0) is 21.8. The number of nitrogens with zero attached hydrogens (tertiary/aromatic N) is 2. The fraction of sp³-hybridized carbons (Fsp3) is 0.381. The molecule has 4 rings (SSSR count). The van der Waals surface area contributed by atoms with Crippen LogP contribution in [0.2, 0.25) is 10.0 Å². The standard InChI is InChI=1S/C21H18Cl2F4N2S/c1-3-11(2)16-4-12-8-29(9-17(12)30-16)18-7-20(10-28-18,21(25,26)27)13-5-14(22)19(24)15(23)6-13/h4-6H,2-3,7-10H2,1H3. The molecule has 30 heavy (non-hydrogen) atoms. The molecule has 0 fully saturated rings. The highest BCUT2D eigenvalue weighted by Crippen LogP contribution is 2.49. The zero-order valence-electron chi connectivity index (χ0n) is 16.0. The number of alkyl halides is 3. The molecule has 3 heterocycles. The van der Waals surface area contributed by atoms with Crippen molar-refractivity contribution in [3.8, 4) is 0 Å². The molecule has 0 radical (unpaired) electrons. The summed E-state index contributed by atoms with van der Waals surface area (Å²) in [6, 6.07) is 4.09. The predicted molar refractivity (Wildman–Crippen MR) is 114 cm³/mol. The van der Waals surface area contributed by atoms with E-state index in [1.807, 2.05) is 11.8 Å². The van der Waals surface area contributed by atoms with Crippen LogP contribution >= 0.6 is 34.5 Å². The average molecular weight is 477 g/mol. The van der Waals surface area contributed by atoms with E-state index in [9.17, 15) is 17.6 Å². The minimum atomic E-state index is -4.60. The van der Waals surface area contributed by atoms with E-state index in [2.05, 4.69) is 17.6 Å². The third kappa shape index (κ3) is 3.45. The smallest absolute Gasteiger partial charge is 0.351 e. The Kier molecular flexibility index (Phi) is 5.44. The highest BCUT2D eigenvalue weighted by Gasteiger charge is 2.59. The van der Waals surface area contributed by atoms with Crippen LogP contribution in [-0.2, 0) is 18.5 Å². The predicted octanol–water partition coefficient (Wildman–Crippen LogP) is 7.24. The summed E-state index contributed by atoms with van der Waals surface area (Å²) in [4.78, 5) is 8.38. The number of halogens is 6. The molecule has 9 heteroatoms. The summed E-state index contributed by atoms with van der Waals surface area (Å²) in [5.41, 5.74) is -0.285. The van der Waals surface area contributed by atoms with Gasteiger partial charge in [0.1, 0.15) is 11.3 Å². The Balaban J connectivity index is 1.60. The summed E-state index contributed by atoms with van der Waals surface area (Å²) in [7, 11) is 0. The lowest BCUT2D eigenvalue weighted by Gasteiger charge is -2.32. The number of benzene rings is 1. The van der Waals surface area contributed by atoms with E-state index in [0.29, 0.717) is 18.9 Å². The first-order valence-electron chi connectivity index (χ1n) is 9.35. The molecular weight excluding hydrogens is 459 g/mol. The Hall–Kier alpha value is -1.57. The molecule has 0 saturated carbocycles. The lowest BCUT2D eigenvalue weighted by atomic mass is 9.78. The molecular formula is C21H18Cl2F4N2S. The van der Waals surface area contributed by atoms with Crippen molar-refractivity contribution < 1.29 is 17.6 Å². The molecule has 1 aromatic carbocycles. The van der Waals surface area contributed by atoms with E-state index in [1.54, 1.807) is 11.3 Å². The monoisotopic (exact) mass is 476 g/mol. The van der Waals surface area contributed by atoms with E-state index >= 15 is 0 Å². The van der Waals surface area contributed by atoms with Crippen LogP contribution in [0.5, 0.6) is 0 Å². The molecule has 160 valence electrons. The van der Waals surface area contributed by atoms with Crippen molar-refractivity contribution in [1.82, 2.24) is 4.90 Å². The summed E-state index contributed by atoms with van der Waals surface area (Å²) in [5, 5.41) is -0.858. The van der Waals surface area contributed by atoms with E-state index in [0.717, 1.165) is 39.4 Å². The quantitative estimate of drug-likeness (QED) is 0.336. The Morgan fingerprint density at radius 1 is 1.23 bits per heavy atom. The van der Waals surface area contributed by atoms with Crippen molar-refractivity contribution in [1.29, 1.82) is 0 Å².